The number of ether oxygens (including phenoxy) is 1. The molecule has 2 aromatic rings. The Morgan fingerprint density at radius 2 is 1.59 bits per heavy atom. The molecular formula is C21H22N2O4. The van der Waals surface area contributed by atoms with E-state index in [0.29, 0.717) is 17.7 Å². The average Bonchev–Trinajstić information content (AvgIpc) is 3.50. The molecule has 1 aliphatic rings. The van der Waals surface area contributed by atoms with Crippen LogP contribution >= 0.6 is 0 Å². The van der Waals surface area contributed by atoms with Crippen molar-refractivity contribution < 1.29 is 19.1 Å². The average molecular weight is 366 g/mol. The smallest absolute Gasteiger partial charge is 0.337 e. The Bertz CT molecular complexity index is 833. The Labute approximate surface area is 157 Å². The molecule has 0 heterocycles. The maximum Gasteiger partial charge on any atom is 0.337 e. The third kappa shape index (κ3) is 4.53. The van der Waals surface area contributed by atoms with Gasteiger partial charge in [0.05, 0.1) is 30.6 Å². The van der Waals surface area contributed by atoms with Crippen molar-refractivity contribution in [2.75, 3.05) is 12.4 Å². The van der Waals surface area contributed by atoms with Gasteiger partial charge in [-0.25, -0.2) is 4.79 Å². The van der Waals surface area contributed by atoms with Gasteiger partial charge < -0.3 is 15.4 Å². The molecule has 1 saturated carbocycles. The summed E-state index contributed by atoms with van der Waals surface area (Å²) < 4.78 is 4.64. The molecule has 3 atom stereocenters. The minimum atomic E-state index is -0.431. The van der Waals surface area contributed by atoms with Crippen molar-refractivity contribution in [3.05, 3.63) is 65.7 Å². The van der Waals surface area contributed by atoms with Gasteiger partial charge >= 0.3 is 5.97 Å². The Morgan fingerprint density at radius 1 is 0.963 bits per heavy atom. The van der Waals surface area contributed by atoms with Gasteiger partial charge in [-0.3, -0.25) is 9.59 Å². The Balaban J connectivity index is 1.51. The van der Waals surface area contributed by atoms with Crippen molar-refractivity contribution in [2.24, 2.45) is 11.8 Å². The summed E-state index contributed by atoms with van der Waals surface area (Å²) in [7, 11) is 1.31. The fourth-order valence-electron chi connectivity index (χ4n) is 2.96. The van der Waals surface area contributed by atoms with Gasteiger partial charge in [-0.2, -0.15) is 0 Å². The standard InChI is InChI=1S/C21H22N2O4/c1-13(14-6-4-3-5-7-14)22-19(24)17-12-18(17)20(25)23-16-10-8-15(9-11-16)21(26)27-2/h3-11,13,17-18H,12H2,1-2H3,(H,22,24)(H,23,25). The third-order valence-corrected chi connectivity index (χ3v) is 4.70. The van der Waals surface area contributed by atoms with Crippen molar-refractivity contribution in [3.8, 4) is 0 Å². The number of benzene rings is 2. The van der Waals surface area contributed by atoms with Crippen LogP contribution in [-0.4, -0.2) is 24.9 Å². The van der Waals surface area contributed by atoms with Crippen LogP contribution in [0.1, 0.15) is 35.3 Å². The van der Waals surface area contributed by atoms with Crippen LogP contribution < -0.4 is 10.6 Å². The van der Waals surface area contributed by atoms with Gasteiger partial charge in [-0.15, -0.1) is 0 Å². The summed E-state index contributed by atoms with van der Waals surface area (Å²) >= 11 is 0. The number of amides is 2. The summed E-state index contributed by atoms with van der Waals surface area (Å²) in [4.78, 5) is 36.1. The van der Waals surface area contributed by atoms with E-state index in [0.717, 1.165) is 5.56 Å². The first-order valence-electron chi connectivity index (χ1n) is 8.84. The molecule has 0 aromatic heterocycles. The van der Waals surface area contributed by atoms with E-state index in [-0.39, 0.29) is 29.7 Å². The zero-order chi connectivity index (χ0) is 19.4. The van der Waals surface area contributed by atoms with Gasteiger partial charge in [0, 0.05) is 5.69 Å². The molecule has 0 aliphatic heterocycles. The normalized spacial score (nSPS) is 18.9. The highest BCUT2D eigenvalue weighted by Gasteiger charge is 2.48. The van der Waals surface area contributed by atoms with Crippen LogP contribution in [0, 0.1) is 11.8 Å². The highest BCUT2D eigenvalue weighted by atomic mass is 16.5. The second-order valence-corrected chi connectivity index (χ2v) is 6.65. The molecule has 2 amide bonds. The Kier molecular flexibility index (Phi) is 5.54. The van der Waals surface area contributed by atoms with E-state index < -0.39 is 5.97 Å². The number of rotatable bonds is 6. The van der Waals surface area contributed by atoms with E-state index in [1.165, 1.54) is 7.11 Å². The minimum Gasteiger partial charge on any atom is -0.465 e. The maximum absolute atomic E-state index is 12.4. The van der Waals surface area contributed by atoms with Crippen LogP contribution in [0.4, 0.5) is 5.69 Å². The summed E-state index contributed by atoms with van der Waals surface area (Å²) in [5, 5.41) is 5.75. The quantitative estimate of drug-likeness (QED) is 0.770. The first-order valence-corrected chi connectivity index (χ1v) is 8.84. The van der Waals surface area contributed by atoms with E-state index in [9.17, 15) is 14.4 Å². The maximum atomic E-state index is 12.4. The Hall–Kier alpha value is -3.15. The van der Waals surface area contributed by atoms with Crippen molar-refractivity contribution in [2.45, 2.75) is 19.4 Å². The van der Waals surface area contributed by atoms with Gasteiger partial charge in [-0.1, -0.05) is 30.3 Å². The number of esters is 1. The molecule has 0 radical (unpaired) electrons. The molecule has 2 aromatic carbocycles. The lowest BCUT2D eigenvalue weighted by Crippen LogP contribution is -2.29. The summed E-state index contributed by atoms with van der Waals surface area (Å²) in [6, 6.07) is 16.0. The van der Waals surface area contributed by atoms with Gasteiger partial charge in [0.15, 0.2) is 0 Å². The Morgan fingerprint density at radius 3 is 2.22 bits per heavy atom. The number of methoxy groups -OCH3 is 1. The number of nitrogens with one attached hydrogen (secondary N) is 2. The molecule has 0 saturated heterocycles. The van der Waals surface area contributed by atoms with Crippen molar-refractivity contribution in [1.82, 2.24) is 5.32 Å². The number of hydrogen-bond acceptors (Lipinski definition) is 4. The first kappa shape index (κ1) is 18.6. The van der Waals surface area contributed by atoms with Gasteiger partial charge in [-0.05, 0) is 43.2 Å². The fraction of sp³-hybridized carbons (Fsp3) is 0.286. The molecule has 1 fully saturated rings. The topological polar surface area (TPSA) is 84.5 Å². The summed E-state index contributed by atoms with van der Waals surface area (Å²) in [5.74, 6) is -1.35. The van der Waals surface area contributed by atoms with Crippen LogP contribution in [0.15, 0.2) is 54.6 Å². The van der Waals surface area contributed by atoms with Crippen LogP contribution in [0.25, 0.3) is 0 Å². The fourth-order valence-corrected chi connectivity index (χ4v) is 2.96. The highest BCUT2D eigenvalue weighted by Crippen LogP contribution is 2.40. The first-order chi connectivity index (χ1) is 13.0. The van der Waals surface area contributed by atoms with Crippen LogP contribution in [0.2, 0.25) is 0 Å². The number of carbonyl (C=O) groups is 3. The van der Waals surface area contributed by atoms with E-state index >= 15 is 0 Å². The summed E-state index contributed by atoms with van der Waals surface area (Å²) in [6.07, 6.45) is 0.541. The molecule has 3 unspecified atom stereocenters. The lowest BCUT2D eigenvalue weighted by Gasteiger charge is -2.14. The van der Waals surface area contributed by atoms with E-state index in [2.05, 4.69) is 15.4 Å². The van der Waals surface area contributed by atoms with E-state index in [4.69, 9.17) is 0 Å². The lowest BCUT2D eigenvalue weighted by atomic mass is 10.1. The molecule has 1 aliphatic carbocycles. The summed E-state index contributed by atoms with van der Waals surface area (Å²) in [5.41, 5.74) is 2.02. The minimum absolute atomic E-state index is 0.103. The number of anilines is 1. The van der Waals surface area contributed by atoms with Crippen molar-refractivity contribution >= 4 is 23.5 Å². The number of carbonyl (C=O) groups excluding carboxylic acids is 3. The van der Waals surface area contributed by atoms with Crippen LogP contribution in [-0.2, 0) is 14.3 Å². The van der Waals surface area contributed by atoms with Gasteiger partial charge in [0.25, 0.3) is 0 Å². The molecule has 0 bridgehead atoms. The van der Waals surface area contributed by atoms with E-state index in [1.54, 1.807) is 24.3 Å². The predicted octanol–water partition coefficient (Wildman–Crippen LogP) is 2.93. The van der Waals surface area contributed by atoms with Crippen molar-refractivity contribution in [3.63, 3.8) is 0 Å². The molecular weight excluding hydrogens is 344 g/mol. The molecule has 27 heavy (non-hydrogen) atoms. The SMILES string of the molecule is COC(=O)c1ccc(NC(=O)C2CC2C(=O)NC(C)c2ccccc2)cc1. The van der Waals surface area contributed by atoms with E-state index in [1.807, 2.05) is 37.3 Å². The van der Waals surface area contributed by atoms with Gasteiger partial charge in [0.2, 0.25) is 11.8 Å². The second kappa shape index (κ2) is 8.03. The molecule has 3 rings (SSSR count). The number of hydrogen-bond donors (Lipinski definition) is 2. The zero-order valence-electron chi connectivity index (χ0n) is 15.3. The highest BCUT2D eigenvalue weighted by molar-refractivity contribution is 6.00. The van der Waals surface area contributed by atoms with Crippen molar-refractivity contribution in [1.29, 1.82) is 0 Å². The molecule has 140 valence electrons. The zero-order valence-corrected chi connectivity index (χ0v) is 15.3. The molecule has 6 heteroatoms. The van der Waals surface area contributed by atoms with Crippen LogP contribution in [0.3, 0.4) is 0 Å². The monoisotopic (exact) mass is 366 g/mol. The molecule has 0 spiro atoms. The summed E-state index contributed by atoms with van der Waals surface area (Å²) in [6.45, 7) is 1.92. The molecule has 6 nitrogen and oxygen atoms in total. The second-order valence-electron chi connectivity index (χ2n) is 6.65. The largest absolute Gasteiger partial charge is 0.465 e. The lowest BCUT2D eigenvalue weighted by molar-refractivity contribution is -0.125. The molecule has 2 N–H and O–H groups in total. The third-order valence-electron chi connectivity index (χ3n) is 4.70. The van der Waals surface area contributed by atoms with Gasteiger partial charge in [0.1, 0.15) is 0 Å². The predicted molar refractivity (Wildman–Crippen MR) is 101 cm³/mol. The van der Waals surface area contributed by atoms with Crippen LogP contribution in [0.5, 0.6) is 0 Å².